The molecule has 6 nitrogen and oxygen atoms in total. The molecule has 0 N–H and O–H groups in total. The summed E-state index contributed by atoms with van der Waals surface area (Å²) < 4.78 is 2.56. The van der Waals surface area contributed by atoms with Crippen LogP contribution in [0.25, 0.3) is 11.3 Å². The molecule has 0 aliphatic carbocycles. The molecular weight excluding hydrogens is 460 g/mol. The van der Waals surface area contributed by atoms with Crippen LogP contribution in [0.4, 0.5) is 5.69 Å². The Morgan fingerprint density at radius 3 is 2.89 bits per heavy atom. The Balaban J connectivity index is 2.01. The maximum atomic E-state index is 12.9. The number of carbonyl (C=O) groups is 1. The van der Waals surface area contributed by atoms with Crippen LogP contribution >= 0.6 is 39.0 Å². The molecule has 1 atom stereocenters. The first-order valence-electron chi connectivity index (χ1n) is 8.40. The highest BCUT2D eigenvalue weighted by Crippen LogP contribution is 2.42. The van der Waals surface area contributed by atoms with Gasteiger partial charge in [-0.15, -0.1) is 17.9 Å². The van der Waals surface area contributed by atoms with E-state index >= 15 is 0 Å². The van der Waals surface area contributed by atoms with E-state index in [1.54, 1.807) is 15.7 Å². The van der Waals surface area contributed by atoms with Crippen molar-refractivity contribution in [2.45, 2.75) is 18.2 Å². The largest absolute Gasteiger partial charge is 0.854 e. The zero-order valence-electron chi connectivity index (χ0n) is 14.8. The van der Waals surface area contributed by atoms with Crippen LogP contribution in [0.15, 0.2) is 58.0 Å². The van der Waals surface area contributed by atoms with Crippen molar-refractivity contribution < 1.29 is 14.6 Å². The average Bonchev–Trinajstić information content (AvgIpc) is 3.10. The Bertz CT molecular complexity index is 1090. The predicted molar refractivity (Wildman–Crippen MR) is 111 cm³/mol. The molecule has 142 valence electrons. The lowest BCUT2D eigenvalue weighted by Gasteiger charge is -2.32. The number of anilines is 1. The van der Waals surface area contributed by atoms with E-state index in [9.17, 15) is 9.90 Å². The quantitative estimate of drug-likeness (QED) is 0.328. The number of thiophene rings is 1. The number of aromatic nitrogens is 3. The molecule has 4 rings (SSSR count). The van der Waals surface area contributed by atoms with Gasteiger partial charge in [0.05, 0.1) is 25.8 Å². The van der Waals surface area contributed by atoms with Gasteiger partial charge >= 0.3 is 6.17 Å². The third-order valence-corrected chi connectivity index (χ3v) is 6.73. The molecule has 28 heavy (non-hydrogen) atoms. The van der Waals surface area contributed by atoms with Gasteiger partial charge in [0.1, 0.15) is 0 Å². The fraction of sp³-hybridized carbons (Fsp3) is 0.158. The highest BCUT2D eigenvalue weighted by molar-refractivity contribution is 9.11. The number of hydrogen-bond donors (Lipinski definition) is 0. The molecule has 1 amide bonds. The summed E-state index contributed by atoms with van der Waals surface area (Å²) >= 11 is 6.32. The monoisotopic (exact) mass is 474 g/mol. The second-order valence-electron chi connectivity index (χ2n) is 6.01. The van der Waals surface area contributed by atoms with Crippen LogP contribution in [-0.2, 0) is 4.79 Å². The number of carbonyl (C=O) groups excluding carboxylic acids is 1. The van der Waals surface area contributed by atoms with Crippen LogP contribution < -0.4 is 14.7 Å². The first-order valence-corrected chi connectivity index (χ1v) is 11.0. The number of halogens is 1. The lowest BCUT2D eigenvalue weighted by atomic mass is 10.0. The van der Waals surface area contributed by atoms with E-state index in [1.807, 2.05) is 36.4 Å². The summed E-state index contributed by atoms with van der Waals surface area (Å²) in [5.74, 6) is 0.0883. The number of benzene rings is 1. The van der Waals surface area contributed by atoms with Crippen LogP contribution in [-0.4, -0.2) is 21.7 Å². The van der Waals surface area contributed by atoms with E-state index in [-0.39, 0.29) is 11.8 Å². The van der Waals surface area contributed by atoms with Crippen molar-refractivity contribution >= 4 is 50.6 Å². The van der Waals surface area contributed by atoms with Gasteiger partial charge < -0.3 is 5.11 Å². The molecular formula is C19H15BrN4O2S2. The summed E-state index contributed by atoms with van der Waals surface area (Å²) in [7, 11) is 0. The minimum atomic E-state index is -0.558. The maximum Gasteiger partial charge on any atom is 0.302 e. The van der Waals surface area contributed by atoms with Crippen molar-refractivity contribution in [1.82, 2.24) is 10.1 Å². The molecule has 0 fully saturated rings. The first-order chi connectivity index (χ1) is 13.5. The van der Waals surface area contributed by atoms with E-state index in [0.29, 0.717) is 27.9 Å². The Morgan fingerprint density at radius 1 is 1.43 bits per heavy atom. The van der Waals surface area contributed by atoms with Crippen molar-refractivity contribution in [2.24, 2.45) is 0 Å². The molecule has 3 aromatic rings. The van der Waals surface area contributed by atoms with Gasteiger partial charge in [0, 0.05) is 17.8 Å². The molecule has 0 saturated carbocycles. The molecule has 2 aromatic heterocycles. The van der Waals surface area contributed by atoms with Gasteiger partial charge in [-0.1, -0.05) is 34.7 Å². The van der Waals surface area contributed by atoms with Crippen molar-refractivity contribution in [3.63, 3.8) is 0 Å². The molecule has 0 bridgehead atoms. The third kappa shape index (κ3) is 3.23. The van der Waals surface area contributed by atoms with Crippen LogP contribution in [0.2, 0.25) is 0 Å². The van der Waals surface area contributed by atoms with Gasteiger partial charge in [0.25, 0.3) is 10.9 Å². The lowest BCUT2D eigenvalue weighted by molar-refractivity contribution is -0.763. The van der Waals surface area contributed by atoms with Crippen LogP contribution in [0, 0.1) is 0 Å². The van der Waals surface area contributed by atoms with Gasteiger partial charge in [-0.3, -0.25) is 4.79 Å². The number of thioether (sulfide) groups is 1. The summed E-state index contributed by atoms with van der Waals surface area (Å²) in [5, 5.41) is 17.9. The van der Waals surface area contributed by atoms with Gasteiger partial charge in [-0.05, 0) is 40.2 Å². The summed E-state index contributed by atoms with van der Waals surface area (Å²) in [6.07, 6.45) is 1.17. The normalized spacial score (nSPS) is 15.1. The van der Waals surface area contributed by atoms with Crippen LogP contribution in [0.5, 0.6) is 5.88 Å². The lowest BCUT2D eigenvalue weighted by Crippen LogP contribution is -2.58. The molecule has 1 unspecified atom stereocenters. The van der Waals surface area contributed by atoms with Crippen molar-refractivity contribution in [3.05, 3.63) is 57.7 Å². The second kappa shape index (κ2) is 7.65. The van der Waals surface area contributed by atoms with E-state index < -0.39 is 6.17 Å². The Kier molecular flexibility index (Phi) is 5.22. The van der Waals surface area contributed by atoms with Crippen LogP contribution in [0.1, 0.15) is 18.0 Å². The topological polar surface area (TPSA) is 73.0 Å². The molecule has 0 radical (unpaired) electrons. The number of para-hydroxylation sites is 1. The van der Waals surface area contributed by atoms with Gasteiger partial charge in [0.15, 0.2) is 0 Å². The van der Waals surface area contributed by atoms with E-state index in [2.05, 4.69) is 32.6 Å². The number of fused-ring (bicyclic) bond motifs is 3. The average molecular weight is 475 g/mol. The number of amides is 1. The Labute approximate surface area is 178 Å². The van der Waals surface area contributed by atoms with Crippen molar-refractivity contribution in [2.75, 3.05) is 10.7 Å². The van der Waals surface area contributed by atoms with E-state index in [4.69, 9.17) is 0 Å². The zero-order valence-corrected chi connectivity index (χ0v) is 18.1. The maximum absolute atomic E-state index is 12.9. The molecule has 0 saturated heterocycles. The molecule has 9 heteroatoms. The van der Waals surface area contributed by atoms with Gasteiger partial charge in [0.2, 0.25) is 5.91 Å². The third-order valence-electron chi connectivity index (χ3n) is 4.24. The number of nitrogens with zero attached hydrogens (tertiary/aromatic N) is 4. The van der Waals surface area contributed by atoms with Gasteiger partial charge in [-0.25, -0.2) is 9.88 Å². The summed E-state index contributed by atoms with van der Waals surface area (Å²) in [4.78, 5) is 19.4. The SMILES string of the molecule is C=CCSc1nc([O-])c2[n+](n1)C(c1ccc(Br)s1)N(C(C)=O)c1ccccc1-2. The standard InChI is InChI=1S/C19H15BrN4O2S2/c1-3-10-27-19-21-17(26)16-12-6-4-5-7-13(12)23(11(2)25)18(24(16)22-19)14-8-9-15(20)28-14/h3-9,18H,1,10H2,2H3. The summed E-state index contributed by atoms with van der Waals surface area (Å²) in [6.45, 7) is 5.22. The fourth-order valence-electron chi connectivity index (χ4n) is 3.19. The highest BCUT2D eigenvalue weighted by Gasteiger charge is 2.44. The number of hydrogen-bond acceptors (Lipinski definition) is 6. The fourth-order valence-corrected chi connectivity index (χ4v) is 5.26. The molecule has 1 aliphatic rings. The number of rotatable bonds is 4. The Morgan fingerprint density at radius 2 is 2.21 bits per heavy atom. The van der Waals surface area contributed by atoms with Crippen molar-refractivity contribution in [1.29, 1.82) is 0 Å². The van der Waals surface area contributed by atoms with E-state index in [0.717, 1.165) is 8.66 Å². The summed E-state index contributed by atoms with van der Waals surface area (Å²) in [6, 6.07) is 11.2. The Hall–Kier alpha value is -2.23. The highest BCUT2D eigenvalue weighted by atomic mass is 79.9. The minimum Gasteiger partial charge on any atom is -0.854 e. The smallest absolute Gasteiger partial charge is 0.302 e. The predicted octanol–water partition coefficient (Wildman–Crippen LogP) is 3.52. The molecule has 1 aliphatic heterocycles. The summed E-state index contributed by atoms with van der Waals surface area (Å²) in [5.41, 5.74) is 1.71. The van der Waals surface area contributed by atoms with Gasteiger partial charge in [-0.2, -0.15) is 0 Å². The molecule has 0 spiro atoms. The van der Waals surface area contributed by atoms with Crippen LogP contribution in [0.3, 0.4) is 0 Å². The minimum absolute atomic E-state index is 0.133. The van der Waals surface area contributed by atoms with E-state index in [1.165, 1.54) is 30.0 Å². The van der Waals surface area contributed by atoms with Crippen molar-refractivity contribution in [3.8, 4) is 17.1 Å². The zero-order chi connectivity index (χ0) is 19.8. The first kappa shape index (κ1) is 19.1. The molecule has 3 heterocycles. The second-order valence-corrected chi connectivity index (χ2v) is 9.50. The molecule has 1 aromatic carbocycles.